The molecule has 1 fully saturated rings. The van der Waals surface area contributed by atoms with Crippen molar-refractivity contribution >= 4 is 33.7 Å². The molecule has 0 bridgehead atoms. The highest BCUT2D eigenvalue weighted by Crippen LogP contribution is 2.27. The number of pyridine rings is 1. The Balaban J connectivity index is 1.47. The predicted octanol–water partition coefficient (Wildman–Crippen LogP) is 3.71. The molecule has 0 radical (unpaired) electrons. The van der Waals surface area contributed by atoms with Crippen LogP contribution in [0.15, 0.2) is 36.7 Å². The smallest absolute Gasteiger partial charge is 0.225 e. The third-order valence-corrected chi connectivity index (χ3v) is 7.03. The standard InChI is InChI=1S/C27H36N8O/c1-3-4-13-34(14-15-36)26-25-23(31-27(28-2)32-26)18-35(33-25)17-20-11-10-19(16-30-21-7-5-8-21)22-9-6-12-29-24(20)22/h6,9-12,18,21,30,36H,3-5,7-8,13-17H2,1-2H3,(H,28,31). The maximum Gasteiger partial charge on any atom is 0.225 e. The van der Waals surface area contributed by atoms with Gasteiger partial charge in [-0.25, -0.2) is 4.98 Å². The van der Waals surface area contributed by atoms with Crippen molar-refractivity contribution in [1.82, 2.24) is 30.0 Å². The summed E-state index contributed by atoms with van der Waals surface area (Å²) in [5, 5.41) is 22.5. The number of anilines is 2. The minimum absolute atomic E-state index is 0.0599. The molecule has 1 saturated carbocycles. The van der Waals surface area contributed by atoms with Crippen LogP contribution in [0.2, 0.25) is 0 Å². The van der Waals surface area contributed by atoms with Gasteiger partial charge in [0.1, 0.15) is 5.52 Å². The van der Waals surface area contributed by atoms with E-state index < -0.39 is 0 Å². The molecule has 0 atom stereocenters. The zero-order valence-corrected chi connectivity index (χ0v) is 21.2. The molecule has 5 rings (SSSR count). The largest absolute Gasteiger partial charge is 0.395 e. The molecular weight excluding hydrogens is 452 g/mol. The fourth-order valence-electron chi connectivity index (χ4n) is 4.76. The summed E-state index contributed by atoms with van der Waals surface area (Å²) in [4.78, 5) is 16.2. The Morgan fingerprint density at radius 3 is 2.72 bits per heavy atom. The molecule has 190 valence electrons. The van der Waals surface area contributed by atoms with Crippen molar-refractivity contribution in [2.24, 2.45) is 0 Å². The monoisotopic (exact) mass is 488 g/mol. The Kier molecular flexibility index (Phi) is 7.58. The first-order valence-electron chi connectivity index (χ1n) is 13.1. The summed E-state index contributed by atoms with van der Waals surface area (Å²) in [5.41, 5.74) is 4.94. The highest BCUT2D eigenvalue weighted by Gasteiger charge is 2.19. The van der Waals surface area contributed by atoms with Crippen molar-refractivity contribution in [2.75, 3.05) is 37.0 Å². The van der Waals surface area contributed by atoms with Gasteiger partial charge in [-0.15, -0.1) is 0 Å². The van der Waals surface area contributed by atoms with E-state index in [0.29, 0.717) is 25.1 Å². The highest BCUT2D eigenvalue weighted by atomic mass is 16.3. The van der Waals surface area contributed by atoms with E-state index in [1.165, 1.54) is 30.2 Å². The first-order chi connectivity index (χ1) is 17.7. The summed E-state index contributed by atoms with van der Waals surface area (Å²) >= 11 is 0. The number of aromatic nitrogens is 5. The minimum atomic E-state index is 0.0599. The number of unbranched alkanes of at least 4 members (excludes halogenated alkanes) is 1. The molecule has 1 aliphatic carbocycles. The lowest BCUT2D eigenvalue weighted by atomic mass is 9.93. The molecule has 9 nitrogen and oxygen atoms in total. The fourth-order valence-corrected chi connectivity index (χ4v) is 4.76. The molecule has 1 aliphatic rings. The molecule has 0 spiro atoms. The van der Waals surface area contributed by atoms with Crippen LogP contribution in [0.25, 0.3) is 21.9 Å². The second-order valence-electron chi connectivity index (χ2n) is 9.54. The van der Waals surface area contributed by atoms with Crippen LogP contribution in [0.3, 0.4) is 0 Å². The van der Waals surface area contributed by atoms with Crippen molar-refractivity contribution in [1.29, 1.82) is 0 Å². The zero-order valence-electron chi connectivity index (χ0n) is 21.2. The number of hydrogen-bond donors (Lipinski definition) is 3. The minimum Gasteiger partial charge on any atom is -0.395 e. The normalized spacial score (nSPS) is 13.9. The number of fused-ring (bicyclic) bond motifs is 2. The summed E-state index contributed by atoms with van der Waals surface area (Å²) < 4.78 is 1.93. The fraction of sp³-hybridized carbons (Fsp3) is 0.481. The molecule has 3 heterocycles. The van der Waals surface area contributed by atoms with Crippen molar-refractivity contribution in [3.05, 3.63) is 47.8 Å². The molecule has 36 heavy (non-hydrogen) atoms. The van der Waals surface area contributed by atoms with E-state index in [1.54, 1.807) is 0 Å². The summed E-state index contributed by atoms with van der Waals surface area (Å²) in [6, 6.07) is 9.20. The average molecular weight is 489 g/mol. The Labute approximate surface area is 212 Å². The van der Waals surface area contributed by atoms with E-state index in [0.717, 1.165) is 53.9 Å². The van der Waals surface area contributed by atoms with Crippen molar-refractivity contribution < 1.29 is 5.11 Å². The van der Waals surface area contributed by atoms with Crippen LogP contribution >= 0.6 is 0 Å². The molecule has 9 heteroatoms. The van der Waals surface area contributed by atoms with Crippen molar-refractivity contribution in [3.8, 4) is 0 Å². The summed E-state index contributed by atoms with van der Waals surface area (Å²) in [5.74, 6) is 1.30. The average Bonchev–Trinajstić information content (AvgIpc) is 3.28. The Bertz CT molecular complexity index is 1320. The van der Waals surface area contributed by atoms with Crippen LogP contribution in [0.4, 0.5) is 11.8 Å². The lowest BCUT2D eigenvalue weighted by Gasteiger charge is -2.26. The Hall–Kier alpha value is -3.30. The maximum absolute atomic E-state index is 9.67. The molecule has 0 amide bonds. The Morgan fingerprint density at radius 2 is 1.97 bits per heavy atom. The van der Waals surface area contributed by atoms with Crippen molar-refractivity contribution in [2.45, 2.75) is 58.2 Å². The van der Waals surface area contributed by atoms with Gasteiger partial charge in [-0.05, 0) is 36.5 Å². The van der Waals surface area contributed by atoms with Gasteiger partial charge in [-0.2, -0.15) is 10.1 Å². The molecule has 0 aliphatic heterocycles. The third-order valence-electron chi connectivity index (χ3n) is 7.03. The first-order valence-corrected chi connectivity index (χ1v) is 13.1. The molecule has 3 N–H and O–H groups in total. The van der Waals surface area contributed by atoms with E-state index in [-0.39, 0.29) is 6.61 Å². The second kappa shape index (κ2) is 11.2. The van der Waals surface area contributed by atoms with Crippen LogP contribution in [0.1, 0.15) is 50.2 Å². The molecule has 0 saturated heterocycles. The van der Waals surface area contributed by atoms with Gasteiger partial charge in [0.25, 0.3) is 0 Å². The van der Waals surface area contributed by atoms with Gasteiger partial charge >= 0.3 is 0 Å². The number of aliphatic hydroxyl groups excluding tert-OH is 1. The maximum atomic E-state index is 9.67. The number of benzene rings is 1. The van der Waals surface area contributed by atoms with E-state index in [9.17, 15) is 5.11 Å². The zero-order chi connectivity index (χ0) is 24.9. The predicted molar refractivity (Wildman–Crippen MR) is 144 cm³/mol. The number of hydrogen-bond acceptors (Lipinski definition) is 8. The first kappa shape index (κ1) is 24.4. The lowest BCUT2D eigenvalue weighted by molar-refractivity contribution is 0.301. The van der Waals surface area contributed by atoms with Crippen molar-refractivity contribution in [3.63, 3.8) is 0 Å². The highest BCUT2D eigenvalue weighted by molar-refractivity contribution is 5.87. The van der Waals surface area contributed by atoms with Crippen LogP contribution < -0.4 is 15.5 Å². The van der Waals surface area contributed by atoms with E-state index in [2.05, 4.69) is 45.6 Å². The van der Waals surface area contributed by atoms with Crippen LogP contribution in [-0.2, 0) is 13.1 Å². The number of nitrogens with zero attached hydrogens (tertiary/aromatic N) is 6. The molecule has 3 aromatic heterocycles. The summed E-state index contributed by atoms with van der Waals surface area (Å²) in [6.45, 7) is 4.99. The molecule has 4 aromatic rings. The number of aliphatic hydroxyl groups is 1. The molecule has 1 aromatic carbocycles. The summed E-state index contributed by atoms with van der Waals surface area (Å²) in [6.07, 6.45) is 9.79. The van der Waals surface area contributed by atoms with E-state index >= 15 is 0 Å². The quantitative estimate of drug-likeness (QED) is 0.277. The van der Waals surface area contributed by atoms with Gasteiger partial charge in [-0.3, -0.25) is 9.67 Å². The topological polar surface area (TPSA) is 104 Å². The van der Waals surface area contributed by atoms with E-state index in [1.807, 2.05) is 30.2 Å². The lowest BCUT2D eigenvalue weighted by Crippen LogP contribution is -2.34. The number of nitrogens with one attached hydrogen (secondary N) is 2. The van der Waals surface area contributed by atoms with Gasteiger partial charge in [0.15, 0.2) is 11.3 Å². The van der Waals surface area contributed by atoms with Crippen LogP contribution in [-0.4, -0.2) is 62.6 Å². The second-order valence-corrected chi connectivity index (χ2v) is 9.54. The van der Waals surface area contributed by atoms with Gasteiger partial charge in [0.05, 0.1) is 24.9 Å². The number of rotatable bonds is 12. The van der Waals surface area contributed by atoms with E-state index in [4.69, 9.17) is 15.1 Å². The van der Waals surface area contributed by atoms with Crippen LogP contribution in [0.5, 0.6) is 0 Å². The van der Waals surface area contributed by atoms with Crippen LogP contribution in [0, 0.1) is 0 Å². The molecular formula is C27H36N8O. The molecule has 0 unspecified atom stereocenters. The third kappa shape index (κ3) is 5.12. The van der Waals surface area contributed by atoms with Gasteiger partial charge in [0, 0.05) is 44.3 Å². The Morgan fingerprint density at radius 1 is 1.11 bits per heavy atom. The SMILES string of the molecule is CCCCN(CCO)c1nc(NC)nc2cn(Cc3ccc(CNC4CCC4)c4cccnc34)nc12. The van der Waals surface area contributed by atoms with Gasteiger partial charge in [-0.1, -0.05) is 38.0 Å². The van der Waals surface area contributed by atoms with Gasteiger partial charge < -0.3 is 20.6 Å². The summed E-state index contributed by atoms with van der Waals surface area (Å²) in [7, 11) is 1.82. The van der Waals surface area contributed by atoms with Gasteiger partial charge in [0.2, 0.25) is 5.95 Å².